The first-order valence-corrected chi connectivity index (χ1v) is 14.9. The summed E-state index contributed by atoms with van der Waals surface area (Å²) < 4.78 is 0. The number of hydrogen-bond donors (Lipinski definition) is 3. The molecule has 4 N–H and O–H groups in total. The van der Waals surface area contributed by atoms with Crippen LogP contribution in [0.3, 0.4) is 0 Å². The van der Waals surface area contributed by atoms with Gasteiger partial charge in [0.05, 0.1) is 0 Å². The lowest BCUT2D eigenvalue weighted by Gasteiger charge is -2.35. The lowest BCUT2D eigenvalue weighted by Crippen LogP contribution is -2.52. The zero-order chi connectivity index (χ0) is 28.8. The van der Waals surface area contributed by atoms with E-state index in [1.165, 1.54) is 12.0 Å². The van der Waals surface area contributed by atoms with Crippen LogP contribution in [0.5, 0.6) is 0 Å². The van der Waals surface area contributed by atoms with Crippen molar-refractivity contribution in [2.75, 3.05) is 49.5 Å². The Hall–Kier alpha value is -3.96. The van der Waals surface area contributed by atoms with Gasteiger partial charge in [-0.15, -0.1) is 10.2 Å². The molecule has 12 nitrogen and oxygen atoms in total. The van der Waals surface area contributed by atoms with Crippen molar-refractivity contribution in [3.05, 3.63) is 35.5 Å². The highest BCUT2D eigenvalue weighted by molar-refractivity contribution is 5.96. The van der Waals surface area contributed by atoms with Gasteiger partial charge in [-0.3, -0.25) is 9.59 Å². The quantitative estimate of drug-likeness (QED) is 0.465. The normalized spacial score (nSPS) is 20.0. The number of carbonyl (C=O) groups is 3. The summed E-state index contributed by atoms with van der Waals surface area (Å²) in [7, 11) is 0. The molecule has 0 saturated carbocycles. The zero-order valence-electron chi connectivity index (χ0n) is 23.8. The van der Waals surface area contributed by atoms with Crippen LogP contribution >= 0.6 is 0 Å². The zero-order valence-corrected chi connectivity index (χ0v) is 23.8. The van der Waals surface area contributed by atoms with Crippen molar-refractivity contribution < 1.29 is 14.4 Å². The molecule has 0 radical (unpaired) electrons. The summed E-state index contributed by atoms with van der Waals surface area (Å²) in [5.41, 5.74) is 7.54. The van der Waals surface area contributed by atoms with Gasteiger partial charge in [-0.05, 0) is 68.6 Å². The van der Waals surface area contributed by atoms with Gasteiger partial charge >= 0.3 is 6.03 Å². The van der Waals surface area contributed by atoms with Crippen LogP contribution in [0.1, 0.15) is 80.3 Å². The molecular formula is C29H41N9O3. The monoisotopic (exact) mass is 563 g/mol. The molecule has 1 atom stereocenters. The molecule has 0 aliphatic carbocycles. The first-order valence-electron chi connectivity index (χ1n) is 14.9. The largest absolute Gasteiger partial charge is 0.364 e. The van der Waals surface area contributed by atoms with Crippen LogP contribution in [-0.4, -0.2) is 88.1 Å². The van der Waals surface area contributed by atoms with Crippen molar-refractivity contribution in [2.45, 2.75) is 70.3 Å². The average Bonchev–Trinajstić information content (AvgIpc) is 3.01. The first-order chi connectivity index (χ1) is 19.9. The smallest absolute Gasteiger partial charge is 0.317 e. The fourth-order valence-electron chi connectivity index (χ4n) is 6.01. The van der Waals surface area contributed by atoms with Gasteiger partial charge in [0.25, 0.3) is 5.91 Å². The topological polar surface area (TPSA) is 150 Å². The molecule has 12 heteroatoms. The average molecular weight is 564 g/mol. The summed E-state index contributed by atoms with van der Waals surface area (Å²) >= 11 is 0. The summed E-state index contributed by atoms with van der Waals surface area (Å²) in [4.78, 5) is 47.3. The van der Waals surface area contributed by atoms with Gasteiger partial charge < -0.3 is 31.1 Å². The molecule has 1 aromatic heterocycles. The van der Waals surface area contributed by atoms with E-state index in [1.54, 1.807) is 0 Å². The third-order valence-corrected chi connectivity index (χ3v) is 8.38. The van der Waals surface area contributed by atoms with E-state index in [1.807, 2.05) is 33.8 Å². The van der Waals surface area contributed by atoms with Crippen molar-refractivity contribution in [2.24, 2.45) is 5.73 Å². The molecule has 2 aromatic rings. The van der Waals surface area contributed by atoms with Gasteiger partial charge in [0, 0.05) is 57.4 Å². The summed E-state index contributed by atoms with van der Waals surface area (Å²) in [6, 6.07) is 8.03. The maximum Gasteiger partial charge on any atom is 0.317 e. The van der Waals surface area contributed by atoms with Crippen LogP contribution in [0.15, 0.2) is 24.3 Å². The van der Waals surface area contributed by atoms with Crippen molar-refractivity contribution >= 4 is 35.3 Å². The van der Waals surface area contributed by atoms with Crippen molar-refractivity contribution in [1.82, 2.24) is 30.3 Å². The number of primary amides is 1. The second-order valence-corrected chi connectivity index (χ2v) is 11.2. The number of nitrogens with one attached hydrogen (secondary N) is 2. The predicted octanol–water partition coefficient (Wildman–Crippen LogP) is 2.99. The Balaban J connectivity index is 1.23. The Bertz CT molecular complexity index is 1220. The van der Waals surface area contributed by atoms with E-state index in [9.17, 15) is 14.4 Å². The summed E-state index contributed by atoms with van der Waals surface area (Å²) in [5.74, 6) is 0.546. The molecule has 0 bridgehead atoms. The maximum absolute atomic E-state index is 12.7. The number of nitrogens with zero attached hydrogens (tertiary/aromatic N) is 6. The highest BCUT2D eigenvalue weighted by Gasteiger charge is 2.27. The summed E-state index contributed by atoms with van der Waals surface area (Å²) in [6.45, 7) is 6.37. The van der Waals surface area contributed by atoms with E-state index < -0.39 is 5.91 Å². The summed E-state index contributed by atoms with van der Waals surface area (Å²) in [5, 5.41) is 14.7. The van der Waals surface area contributed by atoms with E-state index in [0.29, 0.717) is 24.8 Å². The second-order valence-electron chi connectivity index (χ2n) is 11.2. The maximum atomic E-state index is 12.7. The van der Waals surface area contributed by atoms with Crippen molar-refractivity contribution in [3.8, 4) is 0 Å². The Morgan fingerprint density at radius 1 is 0.902 bits per heavy atom. The first kappa shape index (κ1) is 28.6. The number of hydrogen-bond acceptors (Lipinski definition) is 8. The fraction of sp³-hybridized carbons (Fsp3) is 0.586. The van der Waals surface area contributed by atoms with Gasteiger partial charge in [-0.2, -0.15) is 4.98 Å². The number of amides is 4. The number of likely N-dealkylation sites (tertiary alicyclic amines) is 2. The number of piperidine rings is 3. The molecule has 4 amide bonds. The van der Waals surface area contributed by atoms with Gasteiger partial charge in [0.1, 0.15) is 0 Å². The van der Waals surface area contributed by atoms with Crippen LogP contribution in [0.4, 0.5) is 22.2 Å². The number of urea groups is 1. The van der Waals surface area contributed by atoms with Gasteiger partial charge in [-0.25, -0.2) is 4.79 Å². The van der Waals surface area contributed by atoms with Crippen LogP contribution in [0.2, 0.25) is 0 Å². The van der Waals surface area contributed by atoms with Crippen LogP contribution in [0, 0.1) is 0 Å². The summed E-state index contributed by atoms with van der Waals surface area (Å²) in [6.07, 6.45) is 7.47. The predicted molar refractivity (Wildman–Crippen MR) is 156 cm³/mol. The lowest BCUT2D eigenvalue weighted by atomic mass is 9.89. The molecule has 220 valence electrons. The molecule has 3 aliphatic heterocycles. The van der Waals surface area contributed by atoms with Crippen molar-refractivity contribution in [1.29, 1.82) is 0 Å². The third kappa shape index (κ3) is 7.04. The number of rotatable bonds is 7. The number of anilines is 3. The Morgan fingerprint density at radius 2 is 1.63 bits per heavy atom. The molecule has 3 fully saturated rings. The molecule has 1 aromatic carbocycles. The number of carbonyl (C=O) groups excluding carboxylic acids is 3. The SMILES string of the molecule is CCC(=O)N1CCC(c2ccc(Nc3nc(N4CCCC(NC(=O)N5CCCCC5)C4)nnc3C(N)=O)cc2)CC1. The van der Waals surface area contributed by atoms with E-state index >= 15 is 0 Å². The Kier molecular flexibility index (Phi) is 9.15. The molecule has 3 saturated heterocycles. The highest BCUT2D eigenvalue weighted by atomic mass is 16.2. The molecule has 5 rings (SSSR count). The second kappa shape index (κ2) is 13.1. The lowest BCUT2D eigenvalue weighted by molar-refractivity contribution is -0.131. The minimum atomic E-state index is -0.714. The Labute approximate surface area is 241 Å². The minimum absolute atomic E-state index is 0.00882. The molecule has 41 heavy (non-hydrogen) atoms. The highest BCUT2D eigenvalue weighted by Crippen LogP contribution is 2.30. The molecule has 0 spiro atoms. The van der Waals surface area contributed by atoms with Gasteiger partial charge in [0.2, 0.25) is 11.9 Å². The third-order valence-electron chi connectivity index (χ3n) is 8.38. The number of aromatic nitrogens is 3. The number of nitrogens with two attached hydrogens (primary N) is 1. The minimum Gasteiger partial charge on any atom is -0.364 e. The molecule has 1 unspecified atom stereocenters. The molecular weight excluding hydrogens is 522 g/mol. The van der Waals surface area contributed by atoms with Crippen LogP contribution in [0.25, 0.3) is 0 Å². The standard InChI is InChI=1S/C29H41N9O3/c1-2-24(39)36-17-12-21(13-18-36)20-8-10-22(11-9-20)31-27-25(26(30)40)34-35-28(33-27)38-16-6-7-23(19-38)32-29(41)37-14-4-3-5-15-37/h8-11,21,23H,2-7,12-19H2,1H3,(H2,30,40)(H,32,41)(H,31,33,35). The van der Waals surface area contributed by atoms with Crippen LogP contribution in [-0.2, 0) is 4.79 Å². The molecule has 4 heterocycles. The van der Waals surface area contributed by atoms with Crippen molar-refractivity contribution in [3.63, 3.8) is 0 Å². The molecule has 3 aliphatic rings. The Morgan fingerprint density at radius 3 is 2.32 bits per heavy atom. The fourth-order valence-corrected chi connectivity index (χ4v) is 6.01. The number of benzene rings is 1. The van der Waals surface area contributed by atoms with Gasteiger partial charge in [-0.1, -0.05) is 19.1 Å². The van der Waals surface area contributed by atoms with Gasteiger partial charge in [0.15, 0.2) is 11.5 Å². The van der Waals surface area contributed by atoms with E-state index in [4.69, 9.17) is 5.73 Å². The van der Waals surface area contributed by atoms with E-state index in [-0.39, 0.29) is 29.5 Å². The van der Waals surface area contributed by atoms with E-state index in [2.05, 4.69) is 37.9 Å². The van der Waals surface area contributed by atoms with Crippen LogP contribution < -0.4 is 21.3 Å². The van der Waals surface area contributed by atoms with E-state index in [0.717, 1.165) is 76.9 Å².